The van der Waals surface area contributed by atoms with Gasteiger partial charge in [0.25, 0.3) is 0 Å². The van der Waals surface area contributed by atoms with Crippen LogP contribution >= 0.6 is 0 Å². The first kappa shape index (κ1) is 20.0. The number of hydrogen-bond donors (Lipinski definition) is 2. The molecule has 0 spiro atoms. The predicted octanol–water partition coefficient (Wildman–Crippen LogP) is 0.910. The number of aliphatic imine (C=N–C) groups is 1. The molecular formula is C17H32N4O3S. The second kappa shape index (κ2) is 8.38. The number of carbonyl (C=O) groups excluding carboxylic acids is 1. The maximum atomic E-state index is 12.2. The molecule has 2 rings (SSSR count). The van der Waals surface area contributed by atoms with Crippen molar-refractivity contribution in [3.8, 4) is 0 Å². The van der Waals surface area contributed by atoms with Crippen LogP contribution in [-0.2, 0) is 14.6 Å². The van der Waals surface area contributed by atoms with Crippen LogP contribution in [0.2, 0.25) is 0 Å². The summed E-state index contributed by atoms with van der Waals surface area (Å²) in [6.07, 6.45) is 5.70. The van der Waals surface area contributed by atoms with E-state index >= 15 is 0 Å². The van der Waals surface area contributed by atoms with Gasteiger partial charge in [-0.3, -0.25) is 4.79 Å². The van der Waals surface area contributed by atoms with E-state index in [1.807, 2.05) is 11.8 Å². The molecule has 0 aromatic carbocycles. The molecule has 1 aliphatic carbocycles. The summed E-state index contributed by atoms with van der Waals surface area (Å²) in [4.78, 5) is 18.6. The highest BCUT2D eigenvalue weighted by atomic mass is 32.2. The van der Waals surface area contributed by atoms with E-state index in [0.717, 1.165) is 12.8 Å². The van der Waals surface area contributed by atoms with Crippen molar-refractivity contribution in [1.82, 2.24) is 15.5 Å². The van der Waals surface area contributed by atoms with Crippen LogP contribution in [0.1, 0.15) is 52.9 Å². The SMILES string of the molecule is CCNC(=NCC(=O)NC1CCCCC1)N1CCS(=O)(=O)C(C)(C)C1. The second-order valence-electron chi connectivity index (χ2n) is 7.57. The molecule has 0 aromatic heterocycles. The van der Waals surface area contributed by atoms with Gasteiger partial charge in [-0.15, -0.1) is 0 Å². The second-order valence-corrected chi connectivity index (χ2v) is 10.3. The lowest BCUT2D eigenvalue weighted by Crippen LogP contribution is -2.57. The number of rotatable bonds is 4. The molecule has 1 saturated carbocycles. The molecule has 144 valence electrons. The van der Waals surface area contributed by atoms with Crippen LogP contribution in [0.15, 0.2) is 4.99 Å². The summed E-state index contributed by atoms with van der Waals surface area (Å²) in [5.41, 5.74) is 0. The Morgan fingerprint density at radius 3 is 2.52 bits per heavy atom. The molecule has 1 aliphatic heterocycles. The van der Waals surface area contributed by atoms with Crippen molar-refractivity contribution in [3.63, 3.8) is 0 Å². The summed E-state index contributed by atoms with van der Waals surface area (Å²) in [5, 5.41) is 6.24. The zero-order valence-electron chi connectivity index (χ0n) is 15.7. The molecular weight excluding hydrogens is 340 g/mol. The van der Waals surface area contributed by atoms with Crippen LogP contribution in [0.3, 0.4) is 0 Å². The van der Waals surface area contributed by atoms with Crippen LogP contribution in [0.5, 0.6) is 0 Å². The summed E-state index contributed by atoms with van der Waals surface area (Å²) < 4.78 is 23.5. The Hall–Kier alpha value is -1.31. The van der Waals surface area contributed by atoms with Gasteiger partial charge in [0, 0.05) is 25.7 Å². The number of nitrogens with zero attached hydrogens (tertiary/aromatic N) is 2. The Balaban J connectivity index is 1.97. The third-order valence-electron chi connectivity index (χ3n) is 5.02. The zero-order valence-corrected chi connectivity index (χ0v) is 16.5. The van der Waals surface area contributed by atoms with Gasteiger partial charge >= 0.3 is 0 Å². The topological polar surface area (TPSA) is 90.9 Å². The molecule has 0 radical (unpaired) electrons. The summed E-state index contributed by atoms with van der Waals surface area (Å²) >= 11 is 0. The van der Waals surface area contributed by atoms with Gasteiger partial charge in [0.1, 0.15) is 6.54 Å². The van der Waals surface area contributed by atoms with Gasteiger partial charge in [0.15, 0.2) is 15.8 Å². The summed E-state index contributed by atoms with van der Waals surface area (Å²) in [6.45, 7) is 6.98. The molecule has 0 unspecified atom stereocenters. The molecule has 25 heavy (non-hydrogen) atoms. The average Bonchev–Trinajstić information content (AvgIpc) is 2.55. The first-order valence-electron chi connectivity index (χ1n) is 9.30. The van der Waals surface area contributed by atoms with Gasteiger partial charge in [-0.2, -0.15) is 0 Å². The summed E-state index contributed by atoms with van der Waals surface area (Å²) in [6, 6.07) is 0.276. The van der Waals surface area contributed by atoms with Gasteiger partial charge in [-0.1, -0.05) is 19.3 Å². The minimum absolute atomic E-state index is 0.0637. The quantitative estimate of drug-likeness (QED) is 0.565. The fourth-order valence-electron chi connectivity index (χ4n) is 3.42. The zero-order chi connectivity index (χ0) is 18.5. The number of carbonyl (C=O) groups is 1. The van der Waals surface area contributed by atoms with Crippen LogP contribution < -0.4 is 10.6 Å². The van der Waals surface area contributed by atoms with Gasteiger partial charge < -0.3 is 15.5 Å². The Bertz CT molecular complexity index is 595. The van der Waals surface area contributed by atoms with E-state index in [2.05, 4.69) is 15.6 Å². The molecule has 1 saturated heterocycles. The number of nitrogens with one attached hydrogen (secondary N) is 2. The van der Waals surface area contributed by atoms with Crippen LogP contribution in [0, 0.1) is 0 Å². The first-order chi connectivity index (χ1) is 11.7. The largest absolute Gasteiger partial charge is 0.357 e. The molecule has 8 heteroatoms. The van der Waals surface area contributed by atoms with E-state index in [-0.39, 0.29) is 24.2 Å². The van der Waals surface area contributed by atoms with E-state index in [1.54, 1.807) is 13.8 Å². The van der Waals surface area contributed by atoms with Crippen molar-refractivity contribution in [2.45, 2.75) is 63.7 Å². The maximum absolute atomic E-state index is 12.2. The third-order valence-corrected chi connectivity index (χ3v) is 7.55. The van der Waals surface area contributed by atoms with Crippen molar-refractivity contribution < 1.29 is 13.2 Å². The number of sulfone groups is 1. The Kier molecular flexibility index (Phi) is 6.71. The lowest BCUT2D eigenvalue weighted by atomic mass is 9.95. The normalized spacial score (nSPS) is 24.0. The van der Waals surface area contributed by atoms with Crippen molar-refractivity contribution in [1.29, 1.82) is 0 Å². The lowest BCUT2D eigenvalue weighted by Gasteiger charge is -2.39. The van der Waals surface area contributed by atoms with Gasteiger partial charge in [0.2, 0.25) is 5.91 Å². The van der Waals surface area contributed by atoms with Crippen LogP contribution in [0.25, 0.3) is 0 Å². The number of guanidine groups is 1. The first-order valence-corrected chi connectivity index (χ1v) is 11.0. The highest BCUT2D eigenvalue weighted by Gasteiger charge is 2.41. The Labute approximate surface area is 151 Å². The van der Waals surface area contributed by atoms with E-state index in [4.69, 9.17) is 0 Å². The molecule has 1 amide bonds. The van der Waals surface area contributed by atoms with Gasteiger partial charge in [-0.05, 0) is 33.6 Å². The van der Waals surface area contributed by atoms with Gasteiger partial charge in [-0.25, -0.2) is 13.4 Å². The van der Waals surface area contributed by atoms with Gasteiger partial charge in [0.05, 0.1) is 10.5 Å². The minimum Gasteiger partial charge on any atom is -0.357 e. The standard InChI is InChI=1S/C17H32N4O3S/c1-4-18-16(21-10-11-25(23,24)17(2,3)13-21)19-12-15(22)20-14-8-6-5-7-9-14/h14H,4-13H2,1-3H3,(H,18,19)(H,20,22). The fraction of sp³-hybridized carbons (Fsp3) is 0.882. The Morgan fingerprint density at radius 2 is 1.92 bits per heavy atom. The molecule has 0 atom stereocenters. The lowest BCUT2D eigenvalue weighted by molar-refractivity contribution is -0.120. The molecule has 7 nitrogen and oxygen atoms in total. The highest BCUT2D eigenvalue weighted by Crippen LogP contribution is 2.23. The molecule has 0 aromatic rings. The maximum Gasteiger partial charge on any atom is 0.242 e. The average molecular weight is 373 g/mol. The molecule has 1 heterocycles. The van der Waals surface area contributed by atoms with Crippen LogP contribution in [0.4, 0.5) is 0 Å². The van der Waals surface area contributed by atoms with Crippen molar-refractivity contribution >= 4 is 21.7 Å². The summed E-state index contributed by atoms with van der Waals surface area (Å²) in [5.74, 6) is 0.661. The third kappa shape index (κ3) is 5.33. The van der Waals surface area contributed by atoms with E-state index in [1.165, 1.54) is 19.3 Å². The van der Waals surface area contributed by atoms with E-state index < -0.39 is 14.6 Å². The van der Waals surface area contributed by atoms with Crippen molar-refractivity contribution in [2.75, 3.05) is 31.9 Å². The smallest absolute Gasteiger partial charge is 0.242 e. The van der Waals surface area contributed by atoms with Crippen molar-refractivity contribution in [3.05, 3.63) is 0 Å². The molecule has 2 fully saturated rings. The molecule has 0 bridgehead atoms. The van der Waals surface area contributed by atoms with Crippen molar-refractivity contribution in [2.24, 2.45) is 4.99 Å². The highest BCUT2D eigenvalue weighted by molar-refractivity contribution is 7.92. The molecule has 2 aliphatic rings. The Morgan fingerprint density at radius 1 is 1.24 bits per heavy atom. The van der Waals surface area contributed by atoms with E-state index in [0.29, 0.717) is 25.6 Å². The number of amides is 1. The summed E-state index contributed by atoms with van der Waals surface area (Å²) in [7, 11) is -3.10. The minimum atomic E-state index is -3.10. The van der Waals surface area contributed by atoms with Crippen LogP contribution in [-0.4, -0.2) is 67.9 Å². The number of hydrogen-bond acceptors (Lipinski definition) is 4. The predicted molar refractivity (Wildman–Crippen MR) is 100 cm³/mol. The monoisotopic (exact) mass is 372 g/mol. The molecule has 2 N–H and O–H groups in total. The fourth-order valence-corrected chi connectivity index (χ4v) is 4.78. The van der Waals surface area contributed by atoms with E-state index in [9.17, 15) is 13.2 Å².